The van der Waals surface area contributed by atoms with E-state index in [2.05, 4.69) is 39.4 Å². The summed E-state index contributed by atoms with van der Waals surface area (Å²) >= 11 is 0. The Morgan fingerprint density at radius 2 is 1.78 bits per heavy atom. The van der Waals surface area contributed by atoms with E-state index in [1.165, 1.54) is 5.69 Å². The third kappa shape index (κ3) is 4.17. The van der Waals surface area contributed by atoms with Crippen LogP contribution in [0.3, 0.4) is 0 Å². The van der Waals surface area contributed by atoms with E-state index in [9.17, 15) is 4.79 Å². The number of rotatable bonds is 5. The number of amides is 1. The third-order valence-corrected chi connectivity index (χ3v) is 5.13. The summed E-state index contributed by atoms with van der Waals surface area (Å²) in [6.45, 7) is 6.33. The molecule has 0 aromatic heterocycles. The minimum absolute atomic E-state index is 0.0494. The lowest BCUT2D eigenvalue weighted by atomic mass is 10.1. The smallest absolute Gasteiger partial charge is 0.234 e. The number of ether oxygens (including phenoxy) is 2. The van der Waals surface area contributed by atoms with E-state index in [0.29, 0.717) is 6.54 Å². The van der Waals surface area contributed by atoms with Crippen molar-refractivity contribution in [3.05, 3.63) is 54.1 Å². The number of benzene rings is 2. The summed E-state index contributed by atoms with van der Waals surface area (Å²) in [5.41, 5.74) is 2.26. The van der Waals surface area contributed by atoms with E-state index in [4.69, 9.17) is 9.47 Å². The molecule has 0 radical (unpaired) electrons. The topological polar surface area (TPSA) is 54.0 Å². The monoisotopic (exact) mass is 367 g/mol. The lowest BCUT2D eigenvalue weighted by Gasteiger charge is -2.35. The first kappa shape index (κ1) is 17.7. The van der Waals surface area contributed by atoms with Gasteiger partial charge in [0.15, 0.2) is 11.5 Å². The first-order valence-corrected chi connectivity index (χ1v) is 9.40. The molecule has 4 rings (SSSR count). The first-order chi connectivity index (χ1) is 13.2. The van der Waals surface area contributed by atoms with Crippen molar-refractivity contribution in [1.82, 2.24) is 10.2 Å². The Balaban J connectivity index is 1.26. The van der Waals surface area contributed by atoms with Crippen molar-refractivity contribution in [3.8, 4) is 11.5 Å². The van der Waals surface area contributed by atoms with Gasteiger partial charge in [0, 0.05) is 31.9 Å². The quantitative estimate of drug-likeness (QED) is 0.880. The number of para-hydroxylation sites is 1. The van der Waals surface area contributed by atoms with E-state index >= 15 is 0 Å². The maximum absolute atomic E-state index is 12.5. The molecule has 6 heteroatoms. The van der Waals surface area contributed by atoms with Crippen LogP contribution in [0.1, 0.15) is 18.5 Å². The summed E-state index contributed by atoms with van der Waals surface area (Å²) in [7, 11) is 0. The Morgan fingerprint density at radius 3 is 2.56 bits per heavy atom. The van der Waals surface area contributed by atoms with Gasteiger partial charge >= 0.3 is 0 Å². The SMILES string of the molecule is C[C@@H](NC(=O)CN1CCN(c2ccccc2)CC1)c1ccc2c(c1)OCO2. The summed E-state index contributed by atoms with van der Waals surface area (Å²) in [4.78, 5) is 17.0. The molecule has 2 aromatic rings. The zero-order valence-corrected chi connectivity index (χ0v) is 15.6. The van der Waals surface area contributed by atoms with Gasteiger partial charge in [-0.05, 0) is 36.8 Å². The number of hydrogen-bond donors (Lipinski definition) is 1. The molecule has 2 aromatic carbocycles. The van der Waals surface area contributed by atoms with Crippen LogP contribution in [0.25, 0.3) is 0 Å². The van der Waals surface area contributed by atoms with Crippen molar-refractivity contribution in [2.24, 2.45) is 0 Å². The summed E-state index contributed by atoms with van der Waals surface area (Å²) in [6.07, 6.45) is 0. The highest BCUT2D eigenvalue weighted by Crippen LogP contribution is 2.34. The third-order valence-electron chi connectivity index (χ3n) is 5.13. The lowest BCUT2D eigenvalue weighted by Crippen LogP contribution is -2.49. The Hall–Kier alpha value is -2.73. The molecule has 2 heterocycles. The van der Waals surface area contributed by atoms with Crippen LogP contribution in [-0.2, 0) is 4.79 Å². The second-order valence-electron chi connectivity index (χ2n) is 7.00. The number of fused-ring (bicyclic) bond motifs is 1. The molecule has 1 atom stereocenters. The molecule has 1 fully saturated rings. The van der Waals surface area contributed by atoms with Gasteiger partial charge in [-0.25, -0.2) is 0 Å². The molecular formula is C21H25N3O3. The molecule has 1 saturated heterocycles. The maximum Gasteiger partial charge on any atom is 0.234 e. The van der Waals surface area contributed by atoms with Crippen LogP contribution >= 0.6 is 0 Å². The van der Waals surface area contributed by atoms with Gasteiger partial charge in [0.2, 0.25) is 12.7 Å². The maximum atomic E-state index is 12.5. The minimum Gasteiger partial charge on any atom is -0.454 e. The highest BCUT2D eigenvalue weighted by molar-refractivity contribution is 5.78. The van der Waals surface area contributed by atoms with Gasteiger partial charge in [-0.1, -0.05) is 24.3 Å². The molecule has 1 N–H and O–H groups in total. The zero-order valence-electron chi connectivity index (χ0n) is 15.6. The Bertz CT molecular complexity index is 789. The van der Waals surface area contributed by atoms with Gasteiger partial charge in [0.1, 0.15) is 0 Å². The molecule has 27 heavy (non-hydrogen) atoms. The van der Waals surface area contributed by atoms with Crippen LogP contribution in [-0.4, -0.2) is 50.3 Å². The molecular weight excluding hydrogens is 342 g/mol. The zero-order chi connectivity index (χ0) is 18.6. The molecule has 0 spiro atoms. The number of carbonyl (C=O) groups excluding carboxylic acids is 1. The number of hydrogen-bond acceptors (Lipinski definition) is 5. The fourth-order valence-electron chi connectivity index (χ4n) is 3.56. The van der Waals surface area contributed by atoms with Crippen LogP contribution in [0.15, 0.2) is 48.5 Å². The number of carbonyl (C=O) groups is 1. The number of piperazine rings is 1. The van der Waals surface area contributed by atoms with E-state index < -0.39 is 0 Å². The minimum atomic E-state index is -0.0717. The highest BCUT2D eigenvalue weighted by Gasteiger charge is 2.21. The van der Waals surface area contributed by atoms with Gasteiger partial charge in [-0.15, -0.1) is 0 Å². The number of anilines is 1. The summed E-state index contributed by atoms with van der Waals surface area (Å²) in [6, 6.07) is 16.2. The van der Waals surface area contributed by atoms with Crippen molar-refractivity contribution in [1.29, 1.82) is 0 Å². The van der Waals surface area contributed by atoms with Crippen LogP contribution in [0, 0.1) is 0 Å². The van der Waals surface area contributed by atoms with Crippen LogP contribution in [0.2, 0.25) is 0 Å². The first-order valence-electron chi connectivity index (χ1n) is 9.40. The molecule has 6 nitrogen and oxygen atoms in total. The standard InChI is InChI=1S/C21H25N3O3/c1-16(17-7-8-19-20(13-17)27-15-26-19)22-21(25)14-23-9-11-24(12-10-23)18-5-3-2-4-6-18/h2-8,13,16H,9-12,14-15H2,1H3,(H,22,25)/t16-/m1/s1. The lowest BCUT2D eigenvalue weighted by molar-refractivity contribution is -0.123. The average molecular weight is 367 g/mol. The molecule has 0 bridgehead atoms. The van der Waals surface area contributed by atoms with Crippen molar-refractivity contribution < 1.29 is 14.3 Å². The van der Waals surface area contributed by atoms with E-state index in [0.717, 1.165) is 43.2 Å². The van der Waals surface area contributed by atoms with Crippen molar-refractivity contribution in [3.63, 3.8) is 0 Å². The van der Waals surface area contributed by atoms with Crippen molar-refractivity contribution in [2.45, 2.75) is 13.0 Å². The second-order valence-corrected chi connectivity index (χ2v) is 7.00. The molecule has 2 aliphatic rings. The molecule has 142 valence electrons. The molecule has 0 aliphatic carbocycles. The van der Waals surface area contributed by atoms with Crippen molar-refractivity contribution in [2.75, 3.05) is 44.4 Å². The summed E-state index contributed by atoms with van der Waals surface area (Å²) in [5, 5.41) is 3.09. The van der Waals surface area contributed by atoms with Gasteiger partial charge in [-0.2, -0.15) is 0 Å². The Labute approximate surface area is 159 Å². The summed E-state index contributed by atoms with van der Waals surface area (Å²) < 4.78 is 10.7. The molecule has 0 saturated carbocycles. The fraction of sp³-hybridized carbons (Fsp3) is 0.381. The van der Waals surface area contributed by atoms with Gasteiger partial charge in [0.25, 0.3) is 0 Å². The Morgan fingerprint density at radius 1 is 1.04 bits per heavy atom. The van der Waals surface area contributed by atoms with E-state index in [-0.39, 0.29) is 18.7 Å². The Kier molecular flexibility index (Phi) is 5.16. The van der Waals surface area contributed by atoms with Crippen LogP contribution in [0.4, 0.5) is 5.69 Å². The number of nitrogens with one attached hydrogen (secondary N) is 1. The van der Waals surface area contributed by atoms with Gasteiger partial charge < -0.3 is 19.7 Å². The predicted octanol–water partition coefficient (Wildman–Crippen LogP) is 2.41. The van der Waals surface area contributed by atoms with E-state index in [1.807, 2.05) is 31.2 Å². The fourth-order valence-corrected chi connectivity index (χ4v) is 3.56. The normalized spacial score (nSPS) is 17.6. The molecule has 2 aliphatic heterocycles. The molecule has 1 amide bonds. The van der Waals surface area contributed by atoms with Crippen LogP contribution < -0.4 is 19.7 Å². The predicted molar refractivity (Wildman–Crippen MR) is 104 cm³/mol. The average Bonchev–Trinajstić information content (AvgIpc) is 3.17. The van der Waals surface area contributed by atoms with Gasteiger partial charge in [-0.3, -0.25) is 9.69 Å². The molecule has 0 unspecified atom stereocenters. The highest BCUT2D eigenvalue weighted by atomic mass is 16.7. The van der Waals surface area contributed by atoms with Crippen LogP contribution in [0.5, 0.6) is 11.5 Å². The van der Waals surface area contributed by atoms with E-state index in [1.54, 1.807) is 0 Å². The second kappa shape index (κ2) is 7.88. The largest absolute Gasteiger partial charge is 0.454 e. The number of nitrogens with zero attached hydrogens (tertiary/aromatic N) is 2. The van der Waals surface area contributed by atoms with Crippen molar-refractivity contribution >= 4 is 11.6 Å². The van der Waals surface area contributed by atoms with Gasteiger partial charge in [0.05, 0.1) is 12.6 Å². The summed E-state index contributed by atoms with van der Waals surface area (Å²) in [5.74, 6) is 1.55.